The van der Waals surface area contributed by atoms with Crippen LogP contribution in [0.25, 0.3) is 5.65 Å². The van der Waals surface area contributed by atoms with E-state index >= 15 is 0 Å². The van der Waals surface area contributed by atoms with Gasteiger partial charge in [-0.25, -0.2) is 4.98 Å². The second-order valence-corrected chi connectivity index (χ2v) is 8.19. The molecule has 2 aliphatic rings. The van der Waals surface area contributed by atoms with Gasteiger partial charge in [-0.15, -0.1) is 0 Å². The molecular weight excluding hydrogens is 388 g/mol. The van der Waals surface area contributed by atoms with Crippen molar-refractivity contribution in [3.63, 3.8) is 0 Å². The van der Waals surface area contributed by atoms with Crippen molar-refractivity contribution in [2.24, 2.45) is 5.92 Å². The number of imidazole rings is 1. The molecule has 0 spiro atoms. The Morgan fingerprint density at radius 1 is 1.17 bits per heavy atom. The van der Waals surface area contributed by atoms with Crippen LogP contribution in [-0.2, 0) is 16.1 Å². The summed E-state index contributed by atoms with van der Waals surface area (Å²) in [5.74, 6) is -0.280. The molecule has 0 N–H and O–H groups in total. The number of carbonyl (C=O) groups excluding carboxylic acids is 2. The van der Waals surface area contributed by atoms with Crippen molar-refractivity contribution in [1.82, 2.24) is 14.3 Å². The molecule has 1 saturated carbocycles. The van der Waals surface area contributed by atoms with Gasteiger partial charge in [-0.3, -0.25) is 9.59 Å². The molecule has 0 radical (unpaired) electrons. The van der Waals surface area contributed by atoms with E-state index in [0.29, 0.717) is 18.1 Å². The lowest BCUT2D eigenvalue weighted by atomic mass is 10.1. The third-order valence-corrected chi connectivity index (χ3v) is 5.96. The second-order valence-electron chi connectivity index (χ2n) is 7.76. The molecule has 2 amide bonds. The molecule has 1 saturated heterocycles. The van der Waals surface area contributed by atoms with Gasteiger partial charge in [-0.2, -0.15) is 0 Å². The highest BCUT2D eigenvalue weighted by Gasteiger charge is 2.41. The van der Waals surface area contributed by atoms with Crippen molar-refractivity contribution in [2.45, 2.75) is 31.8 Å². The average molecular weight is 409 g/mol. The molecule has 3 heterocycles. The third-order valence-electron chi connectivity index (χ3n) is 5.71. The van der Waals surface area contributed by atoms with Crippen LogP contribution >= 0.6 is 11.6 Å². The Labute approximate surface area is 173 Å². The summed E-state index contributed by atoms with van der Waals surface area (Å²) in [5, 5.41) is 0.626. The zero-order valence-corrected chi connectivity index (χ0v) is 16.6. The van der Waals surface area contributed by atoms with Gasteiger partial charge in [0.25, 0.3) is 0 Å². The highest BCUT2D eigenvalue weighted by molar-refractivity contribution is 6.30. The topological polar surface area (TPSA) is 57.9 Å². The van der Waals surface area contributed by atoms with E-state index in [2.05, 4.69) is 4.98 Å². The molecule has 1 aromatic carbocycles. The van der Waals surface area contributed by atoms with Gasteiger partial charge in [0.15, 0.2) is 0 Å². The number of carbonyl (C=O) groups is 2. The van der Waals surface area contributed by atoms with E-state index in [1.54, 1.807) is 17.0 Å². The van der Waals surface area contributed by atoms with Crippen LogP contribution in [0.3, 0.4) is 0 Å². The van der Waals surface area contributed by atoms with Crippen molar-refractivity contribution >= 4 is 34.7 Å². The van der Waals surface area contributed by atoms with Crippen LogP contribution < -0.4 is 4.90 Å². The standard InChI is InChI=1S/C22H21ClN4O2/c23-16-4-6-17(7-5-16)26-13-15(11-21(26)28)22(29)27(18-8-9-18)14-19-12-24-20-3-1-2-10-25(19)20/h1-7,10,12,15,18H,8-9,11,13-14H2. The van der Waals surface area contributed by atoms with Gasteiger partial charge in [0.2, 0.25) is 11.8 Å². The minimum atomic E-state index is -0.321. The number of fused-ring (bicyclic) bond motifs is 1. The third kappa shape index (κ3) is 3.49. The van der Waals surface area contributed by atoms with Crippen LogP contribution in [-0.4, -0.2) is 38.7 Å². The number of nitrogens with zero attached hydrogens (tertiary/aromatic N) is 4. The molecule has 1 aliphatic heterocycles. The number of hydrogen-bond acceptors (Lipinski definition) is 3. The average Bonchev–Trinajstić information content (AvgIpc) is 3.38. The van der Waals surface area contributed by atoms with Gasteiger partial charge in [0.1, 0.15) is 5.65 Å². The first kappa shape index (κ1) is 18.2. The van der Waals surface area contributed by atoms with Crippen LogP contribution in [0.15, 0.2) is 54.9 Å². The monoisotopic (exact) mass is 408 g/mol. The number of pyridine rings is 1. The summed E-state index contributed by atoms with van der Waals surface area (Å²) in [7, 11) is 0. The molecule has 1 atom stereocenters. The van der Waals surface area contributed by atoms with Crippen molar-refractivity contribution in [1.29, 1.82) is 0 Å². The Balaban J connectivity index is 1.35. The maximum atomic E-state index is 13.4. The lowest BCUT2D eigenvalue weighted by Crippen LogP contribution is -2.38. The molecule has 0 bridgehead atoms. The predicted molar refractivity (Wildman–Crippen MR) is 111 cm³/mol. The zero-order chi connectivity index (χ0) is 20.0. The number of amides is 2. The van der Waals surface area contributed by atoms with Crippen LogP contribution in [0, 0.1) is 5.92 Å². The highest BCUT2D eigenvalue weighted by atomic mass is 35.5. The first-order chi connectivity index (χ1) is 14.1. The van der Waals surface area contributed by atoms with Crippen LogP contribution in [0.2, 0.25) is 5.02 Å². The first-order valence-corrected chi connectivity index (χ1v) is 10.3. The Hall–Kier alpha value is -2.86. The normalized spacial score (nSPS) is 19.1. The van der Waals surface area contributed by atoms with E-state index in [9.17, 15) is 9.59 Å². The SMILES string of the molecule is O=C1CC(C(=O)N(Cc2cnc3ccccn23)C2CC2)CN1c1ccc(Cl)cc1. The van der Waals surface area contributed by atoms with E-state index in [1.807, 2.05) is 52.0 Å². The van der Waals surface area contributed by atoms with Gasteiger partial charge >= 0.3 is 0 Å². The van der Waals surface area contributed by atoms with Gasteiger partial charge in [0, 0.05) is 35.9 Å². The lowest BCUT2D eigenvalue weighted by Gasteiger charge is -2.25. The van der Waals surface area contributed by atoms with E-state index in [0.717, 1.165) is 29.9 Å². The molecular formula is C22H21ClN4O2. The summed E-state index contributed by atoms with van der Waals surface area (Å²) in [6.45, 7) is 0.927. The van der Waals surface area contributed by atoms with Gasteiger partial charge in [-0.05, 0) is 49.2 Å². The molecule has 29 heavy (non-hydrogen) atoms. The second kappa shape index (κ2) is 7.19. The van der Waals surface area contributed by atoms with Crippen LogP contribution in [0.1, 0.15) is 25.0 Å². The first-order valence-electron chi connectivity index (χ1n) is 9.87. The Morgan fingerprint density at radius 3 is 2.72 bits per heavy atom. The molecule has 3 aromatic rings. The summed E-state index contributed by atoms with van der Waals surface area (Å²) < 4.78 is 2.02. The summed E-state index contributed by atoms with van der Waals surface area (Å²) in [5.41, 5.74) is 2.64. The van der Waals surface area contributed by atoms with Crippen molar-refractivity contribution in [3.05, 3.63) is 65.6 Å². The molecule has 2 aromatic heterocycles. The van der Waals surface area contributed by atoms with Gasteiger partial charge < -0.3 is 14.2 Å². The van der Waals surface area contributed by atoms with Crippen molar-refractivity contribution < 1.29 is 9.59 Å². The number of halogens is 1. The smallest absolute Gasteiger partial charge is 0.228 e. The Kier molecular flexibility index (Phi) is 4.51. The minimum absolute atomic E-state index is 0.0174. The fraction of sp³-hybridized carbons (Fsp3) is 0.318. The number of rotatable bonds is 5. The van der Waals surface area contributed by atoms with Crippen molar-refractivity contribution in [3.8, 4) is 0 Å². The Bertz CT molecular complexity index is 1070. The Morgan fingerprint density at radius 2 is 1.97 bits per heavy atom. The summed E-state index contributed by atoms with van der Waals surface area (Å²) in [6, 6.07) is 13.3. The molecule has 6 nitrogen and oxygen atoms in total. The summed E-state index contributed by atoms with van der Waals surface area (Å²) in [4.78, 5) is 34.0. The molecule has 1 unspecified atom stereocenters. The number of hydrogen-bond donors (Lipinski definition) is 0. The fourth-order valence-corrected chi connectivity index (χ4v) is 4.15. The molecule has 1 aliphatic carbocycles. The van der Waals surface area contributed by atoms with E-state index in [4.69, 9.17) is 11.6 Å². The number of benzene rings is 1. The molecule has 148 valence electrons. The number of anilines is 1. The van der Waals surface area contributed by atoms with E-state index in [-0.39, 0.29) is 30.2 Å². The molecule has 7 heteroatoms. The van der Waals surface area contributed by atoms with Gasteiger partial charge in [0.05, 0.1) is 24.4 Å². The van der Waals surface area contributed by atoms with Crippen LogP contribution in [0.4, 0.5) is 5.69 Å². The quantitative estimate of drug-likeness (QED) is 0.649. The predicted octanol–water partition coefficient (Wildman–Crippen LogP) is 3.53. The molecule has 5 rings (SSSR count). The molecule has 2 fully saturated rings. The summed E-state index contributed by atoms with van der Waals surface area (Å²) >= 11 is 5.95. The van der Waals surface area contributed by atoms with E-state index < -0.39 is 0 Å². The fourth-order valence-electron chi connectivity index (χ4n) is 4.03. The zero-order valence-electron chi connectivity index (χ0n) is 15.9. The van der Waals surface area contributed by atoms with Gasteiger partial charge in [-0.1, -0.05) is 17.7 Å². The maximum absolute atomic E-state index is 13.4. The van der Waals surface area contributed by atoms with E-state index in [1.165, 1.54) is 0 Å². The minimum Gasteiger partial charge on any atom is -0.334 e. The number of aromatic nitrogens is 2. The largest absolute Gasteiger partial charge is 0.334 e. The summed E-state index contributed by atoms with van der Waals surface area (Å²) in [6.07, 6.45) is 6.08. The highest BCUT2D eigenvalue weighted by Crippen LogP contribution is 2.33. The van der Waals surface area contributed by atoms with Crippen LogP contribution in [0.5, 0.6) is 0 Å². The lowest BCUT2D eigenvalue weighted by molar-refractivity contribution is -0.137. The maximum Gasteiger partial charge on any atom is 0.228 e. The van der Waals surface area contributed by atoms with Crippen molar-refractivity contribution in [2.75, 3.05) is 11.4 Å².